The lowest BCUT2D eigenvalue weighted by molar-refractivity contribution is -0.118. The van der Waals surface area contributed by atoms with E-state index in [1.54, 1.807) is 48.4 Å². The van der Waals surface area contributed by atoms with Gasteiger partial charge >= 0.3 is 0 Å². The maximum Gasteiger partial charge on any atom is 0.234 e. The van der Waals surface area contributed by atoms with Crippen LogP contribution in [0, 0.1) is 16.7 Å². The lowest BCUT2D eigenvalue weighted by Crippen LogP contribution is -2.42. The van der Waals surface area contributed by atoms with Crippen molar-refractivity contribution in [2.75, 3.05) is 30.2 Å². The summed E-state index contributed by atoms with van der Waals surface area (Å²) in [5.41, 5.74) is 9.00. The number of halogens is 1. The van der Waals surface area contributed by atoms with Crippen LogP contribution in [0.1, 0.15) is 38.2 Å². The highest BCUT2D eigenvalue weighted by Gasteiger charge is 2.45. The first-order valence-corrected chi connectivity index (χ1v) is 15.4. The number of ether oxygens (including phenoxy) is 2. The van der Waals surface area contributed by atoms with Gasteiger partial charge in [-0.05, 0) is 41.7 Å². The van der Waals surface area contributed by atoms with Crippen molar-refractivity contribution in [3.05, 3.63) is 75.7 Å². The average molecular weight is 637 g/mol. The molecule has 1 amide bonds. The van der Waals surface area contributed by atoms with Crippen LogP contribution in [0.15, 0.2) is 69.5 Å². The van der Waals surface area contributed by atoms with Crippen molar-refractivity contribution in [1.82, 2.24) is 10.2 Å². The van der Waals surface area contributed by atoms with Gasteiger partial charge in [0.05, 0.1) is 48.2 Å². The summed E-state index contributed by atoms with van der Waals surface area (Å²) in [5.74, 6) is 0.270. The first-order chi connectivity index (χ1) is 20.6. The minimum Gasteiger partial charge on any atom is -0.493 e. The predicted molar refractivity (Wildman–Crippen MR) is 167 cm³/mol. The molecule has 0 spiro atoms. The minimum absolute atomic E-state index is 0.0633. The Morgan fingerprint density at radius 2 is 1.95 bits per heavy atom. The van der Waals surface area contributed by atoms with Crippen molar-refractivity contribution in [1.29, 1.82) is 5.26 Å². The number of ketones is 1. The summed E-state index contributed by atoms with van der Waals surface area (Å²) in [4.78, 5) is 28.0. The van der Waals surface area contributed by atoms with E-state index in [1.807, 2.05) is 19.9 Å². The quantitative estimate of drug-likeness (QED) is 0.288. The number of nitriles is 1. The molecule has 0 saturated heterocycles. The third kappa shape index (κ3) is 6.06. The molecule has 10 nitrogen and oxygen atoms in total. The number of amides is 1. The molecule has 13 heteroatoms. The molecule has 0 fully saturated rings. The number of nitrogens with zero attached hydrogens (tertiary/aromatic N) is 4. The number of rotatable bonds is 8. The number of benzene rings is 2. The Morgan fingerprint density at radius 3 is 2.65 bits per heavy atom. The number of Topliss-reactive ketones (excluding diaryl/α,β-unsaturated/α-hetero) is 1. The Bertz CT molecular complexity index is 1710. The van der Waals surface area contributed by atoms with Crippen LogP contribution in [-0.2, 0) is 9.59 Å². The standard InChI is InChI=1S/C30H29ClN6O4S2/c1-30(2)12-20-26(21(38)13-30)25(16-9-10-22(40-3)23(11-16)41-4)17(14-32)27(33)37(20)28-35-36-29(43-28)42-15-24(39)34-19-8-6-5-7-18(19)31/h5-11,25H,12-13,15,33H2,1-4H3,(H,34,39). The molecule has 2 heterocycles. The van der Waals surface area contributed by atoms with Gasteiger partial charge < -0.3 is 20.5 Å². The number of thioether (sulfide) groups is 1. The molecular formula is C30H29ClN6O4S2. The van der Waals surface area contributed by atoms with Gasteiger partial charge in [-0.1, -0.05) is 66.7 Å². The lowest BCUT2D eigenvalue weighted by atomic mass is 9.68. The van der Waals surface area contributed by atoms with E-state index in [-0.39, 0.29) is 34.3 Å². The molecule has 0 bridgehead atoms. The summed E-state index contributed by atoms with van der Waals surface area (Å²) in [5, 5.41) is 22.6. The van der Waals surface area contributed by atoms with Crippen molar-refractivity contribution >= 4 is 57.2 Å². The van der Waals surface area contributed by atoms with Crippen molar-refractivity contribution in [2.24, 2.45) is 11.1 Å². The van der Waals surface area contributed by atoms with Crippen LogP contribution >= 0.6 is 34.7 Å². The summed E-state index contributed by atoms with van der Waals surface area (Å²) >= 11 is 8.59. The number of para-hydroxylation sites is 1. The molecule has 1 aliphatic heterocycles. The fourth-order valence-corrected chi connectivity index (χ4v) is 7.18. The van der Waals surface area contributed by atoms with E-state index < -0.39 is 5.92 Å². The topological polar surface area (TPSA) is 143 Å². The van der Waals surface area contributed by atoms with Crippen LogP contribution in [0.25, 0.3) is 0 Å². The van der Waals surface area contributed by atoms with Crippen molar-refractivity contribution < 1.29 is 19.1 Å². The average Bonchev–Trinajstić information content (AvgIpc) is 3.44. The number of anilines is 2. The van der Waals surface area contributed by atoms with Crippen LogP contribution in [0.4, 0.5) is 10.8 Å². The van der Waals surface area contributed by atoms with Crippen LogP contribution in [-0.4, -0.2) is 41.9 Å². The Morgan fingerprint density at radius 1 is 1.21 bits per heavy atom. The van der Waals surface area contributed by atoms with Crippen molar-refractivity contribution in [3.63, 3.8) is 0 Å². The molecule has 0 radical (unpaired) electrons. The van der Waals surface area contributed by atoms with E-state index >= 15 is 0 Å². The number of nitrogens with one attached hydrogen (secondary N) is 1. The third-order valence-electron chi connectivity index (χ3n) is 7.18. The maximum absolute atomic E-state index is 13.8. The lowest BCUT2D eigenvalue weighted by Gasteiger charge is -2.42. The number of hydrogen-bond donors (Lipinski definition) is 2. The summed E-state index contributed by atoms with van der Waals surface area (Å²) in [6.07, 6.45) is 0.847. The van der Waals surface area contributed by atoms with Gasteiger partial charge in [0.2, 0.25) is 11.0 Å². The number of aromatic nitrogens is 2. The number of carbonyl (C=O) groups excluding carboxylic acids is 2. The number of methoxy groups -OCH3 is 2. The highest BCUT2D eigenvalue weighted by Crippen LogP contribution is 2.51. The molecule has 43 heavy (non-hydrogen) atoms. The Kier molecular flexibility index (Phi) is 8.69. The number of carbonyl (C=O) groups is 2. The van der Waals surface area contributed by atoms with Gasteiger partial charge in [0.25, 0.3) is 0 Å². The van der Waals surface area contributed by atoms with E-state index in [0.717, 1.165) is 0 Å². The van der Waals surface area contributed by atoms with Crippen LogP contribution in [0.2, 0.25) is 5.02 Å². The maximum atomic E-state index is 13.8. The molecule has 222 valence electrons. The zero-order valence-electron chi connectivity index (χ0n) is 23.9. The molecule has 3 N–H and O–H groups in total. The number of allylic oxidation sites excluding steroid dienone is 3. The van der Waals surface area contributed by atoms with Gasteiger partial charge in [-0.15, -0.1) is 10.2 Å². The Labute approximate surface area is 262 Å². The molecule has 1 atom stereocenters. The van der Waals surface area contributed by atoms with E-state index in [4.69, 9.17) is 26.8 Å². The predicted octanol–water partition coefficient (Wildman–Crippen LogP) is 5.88. The van der Waals surface area contributed by atoms with Gasteiger partial charge in [0.1, 0.15) is 5.82 Å². The van der Waals surface area contributed by atoms with E-state index in [0.29, 0.717) is 61.4 Å². The summed E-state index contributed by atoms with van der Waals surface area (Å²) < 4.78 is 11.4. The first-order valence-electron chi connectivity index (χ1n) is 13.3. The van der Waals surface area contributed by atoms with E-state index in [2.05, 4.69) is 21.6 Å². The summed E-state index contributed by atoms with van der Waals surface area (Å²) in [6.45, 7) is 4.05. The van der Waals surface area contributed by atoms with Gasteiger partial charge in [0.15, 0.2) is 21.6 Å². The number of nitrogens with two attached hydrogens (primary N) is 1. The highest BCUT2D eigenvalue weighted by atomic mass is 35.5. The molecule has 1 aromatic heterocycles. The van der Waals surface area contributed by atoms with Crippen LogP contribution < -0.4 is 25.4 Å². The monoisotopic (exact) mass is 636 g/mol. The number of hydrogen-bond acceptors (Lipinski definition) is 11. The fraction of sp³-hybridized carbons (Fsp3) is 0.300. The molecule has 2 aliphatic rings. The third-order valence-corrected chi connectivity index (χ3v) is 9.56. The highest BCUT2D eigenvalue weighted by molar-refractivity contribution is 8.01. The van der Waals surface area contributed by atoms with Crippen LogP contribution in [0.3, 0.4) is 0 Å². The van der Waals surface area contributed by atoms with Gasteiger partial charge in [-0.2, -0.15) is 5.26 Å². The Hall–Kier alpha value is -4.05. The molecular weight excluding hydrogens is 608 g/mol. The van der Waals surface area contributed by atoms with Gasteiger partial charge in [-0.3, -0.25) is 14.5 Å². The summed E-state index contributed by atoms with van der Waals surface area (Å²) in [6, 6.07) is 14.6. The molecule has 1 aliphatic carbocycles. The van der Waals surface area contributed by atoms with Gasteiger partial charge in [-0.25, -0.2) is 0 Å². The zero-order valence-corrected chi connectivity index (χ0v) is 26.3. The fourth-order valence-electron chi connectivity index (χ4n) is 5.32. The molecule has 1 unspecified atom stereocenters. The largest absolute Gasteiger partial charge is 0.493 e. The second kappa shape index (κ2) is 12.3. The smallest absolute Gasteiger partial charge is 0.234 e. The molecule has 5 rings (SSSR count). The molecule has 0 saturated carbocycles. The minimum atomic E-state index is -0.685. The second-order valence-electron chi connectivity index (χ2n) is 10.8. The SMILES string of the molecule is COc1ccc(C2C(C#N)=C(N)N(c3nnc(SCC(=O)Nc4ccccc4Cl)s3)C3=C2C(=O)CC(C)(C)C3)cc1OC. The second-order valence-corrected chi connectivity index (χ2v) is 13.3. The van der Waals surface area contributed by atoms with Crippen molar-refractivity contribution in [3.8, 4) is 17.6 Å². The zero-order chi connectivity index (χ0) is 30.9. The van der Waals surface area contributed by atoms with Crippen molar-refractivity contribution in [2.45, 2.75) is 36.9 Å². The van der Waals surface area contributed by atoms with E-state index in [1.165, 1.54) is 30.2 Å². The molecule has 2 aromatic carbocycles. The van der Waals surface area contributed by atoms with E-state index in [9.17, 15) is 14.9 Å². The van der Waals surface area contributed by atoms with Gasteiger partial charge in [0, 0.05) is 17.7 Å². The van der Waals surface area contributed by atoms with Crippen LogP contribution in [0.5, 0.6) is 11.5 Å². The Balaban J connectivity index is 1.50. The first kappa shape index (κ1) is 30.4. The summed E-state index contributed by atoms with van der Waals surface area (Å²) in [7, 11) is 3.08. The molecule has 3 aromatic rings. The normalized spacial score (nSPS) is 17.8.